The summed E-state index contributed by atoms with van der Waals surface area (Å²) in [6.07, 6.45) is 0. The molecule has 1 aromatic rings. The zero-order chi connectivity index (χ0) is 10.1. The number of methoxy groups -OCH3 is 1. The van der Waals surface area contributed by atoms with E-state index in [9.17, 15) is 0 Å². The molecule has 1 heterocycles. The molecule has 0 aliphatic carbocycles. The van der Waals surface area contributed by atoms with Gasteiger partial charge in [-0.15, -0.1) is 0 Å². The number of aromatic nitrogens is 1. The SMILES string of the molecule is COc1ccc(Br)c(C(C)(C)C)n1. The van der Waals surface area contributed by atoms with Crippen LogP contribution in [0.5, 0.6) is 5.88 Å². The highest BCUT2D eigenvalue weighted by atomic mass is 79.9. The highest BCUT2D eigenvalue weighted by Gasteiger charge is 2.19. The van der Waals surface area contributed by atoms with E-state index in [4.69, 9.17) is 4.74 Å². The molecular formula is C10H14BrNO. The molecule has 3 heteroatoms. The predicted octanol–water partition coefficient (Wildman–Crippen LogP) is 3.15. The summed E-state index contributed by atoms with van der Waals surface area (Å²) < 4.78 is 6.10. The van der Waals surface area contributed by atoms with Crippen LogP contribution < -0.4 is 4.74 Å². The van der Waals surface area contributed by atoms with Gasteiger partial charge in [-0.3, -0.25) is 0 Å². The summed E-state index contributed by atoms with van der Waals surface area (Å²) >= 11 is 3.48. The molecule has 0 amide bonds. The van der Waals surface area contributed by atoms with Crippen molar-refractivity contribution in [2.75, 3.05) is 7.11 Å². The Kier molecular flexibility index (Phi) is 2.96. The fraction of sp³-hybridized carbons (Fsp3) is 0.500. The van der Waals surface area contributed by atoms with E-state index in [0.717, 1.165) is 10.2 Å². The summed E-state index contributed by atoms with van der Waals surface area (Å²) in [5.74, 6) is 0.660. The Labute approximate surface area is 87.5 Å². The lowest BCUT2D eigenvalue weighted by atomic mass is 9.92. The fourth-order valence-electron chi connectivity index (χ4n) is 1.06. The Morgan fingerprint density at radius 2 is 1.92 bits per heavy atom. The molecule has 0 N–H and O–H groups in total. The fourth-order valence-corrected chi connectivity index (χ4v) is 1.88. The lowest BCUT2D eigenvalue weighted by Crippen LogP contribution is -2.14. The monoisotopic (exact) mass is 243 g/mol. The van der Waals surface area contributed by atoms with Gasteiger partial charge in [-0.25, -0.2) is 4.98 Å². The third kappa shape index (κ3) is 2.44. The second-order valence-electron chi connectivity index (χ2n) is 3.93. The van der Waals surface area contributed by atoms with Crippen molar-refractivity contribution in [3.05, 3.63) is 22.3 Å². The first kappa shape index (κ1) is 10.5. The molecule has 0 unspecified atom stereocenters. The summed E-state index contributed by atoms with van der Waals surface area (Å²) in [6.45, 7) is 6.37. The average Bonchev–Trinajstić information content (AvgIpc) is 2.03. The summed E-state index contributed by atoms with van der Waals surface area (Å²) in [5, 5.41) is 0. The number of pyridine rings is 1. The van der Waals surface area contributed by atoms with Crippen molar-refractivity contribution >= 4 is 15.9 Å². The lowest BCUT2D eigenvalue weighted by molar-refractivity contribution is 0.391. The maximum atomic E-state index is 5.07. The topological polar surface area (TPSA) is 22.1 Å². The molecule has 72 valence electrons. The van der Waals surface area contributed by atoms with Crippen LogP contribution >= 0.6 is 15.9 Å². The van der Waals surface area contributed by atoms with Crippen molar-refractivity contribution in [3.63, 3.8) is 0 Å². The molecule has 1 rings (SSSR count). The zero-order valence-corrected chi connectivity index (χ0v) is 9.97. The van der Waals surface area contributed by atoms with Gasteiger partial charge < -0.3 is 4.74 Å². The van der Waals surface area contributed by atoms with Crippen LogP contribution in [0.1, 0.15) is 26.5 Å². The third-order valence-corrected chi connectivity index (χ3v) is 2.38. The van der Waals surface area contributed by atoms with E-state index >= 15 is 0 Å². The van der Waals surface area contributed by atoms with Gasteiger partial charge in [0.1, 0.15) is 0 Å². The molecule has 0 saturated heterocycles. The summed E-state index contributed by atoms with van der Waals surface area (Å²) in [5.41, 5.74) is 1.06. The van der Waals surface area contributed by atoms with Crippen molar-refractivity contribution < 1.29 is 4.74 Å². The van der Waals surface area contributed by atoms with Gasteiger partial charge >= 0.3 is 0 Å². The molecule has 0 saturated carbocycles. The molecule has 0 aliphatic rings. The maximum Gasteiger partial charge on any atom is 0.213 e. The van der Waals surface area contributed by atoms with E-state index in [-0.39, 0.29) is 5.41 Å². The molecule has 0 fully saturated rings. The Balaban J connectivity index is 3.19. The highest BCUT2D eigenvalue weighted by molar-refractivity contribution is 9.10. The van der Waals surface area contributed by atoms with Crippen molar-refractivity contribution in [2.45, 2.75) is 26.2 Å². The van der Waals surface area contributed by atoms with Crippen LogP contribution in [0.15, 0.2) is 16.6 Å². The van der Waals surface area contributed by atoms with E-state index in [2.05, 4.69) is 41.7 Å². The van der Waals surface area contributed by atoms with Crippen LogP contribution in [0.4, 0.5) is 0 Å². The minimum atomic E-state index is 0.0351. The van der Waals surface area contributed by atoms with Crippen LogP contribution in [0, 0.1) is 0 Å². The van der Waals surface area contributed by atoms with E-state index in [1.165, 1.54) is 0 Å². The van der Waals surface area contributed by atoms with Gasteiger partial charge in [-0.05, 0) is 22.0 Å². The van der Waals surface area contributed by atoms with Crippen LogP contribution in [-0.4, -0.2) is 12.1 Å². The minimum Gasteiger partial charge on any atom is -0.481 e. The molecule has 0 atom stereocenters. The first-order valence-electron chi connectivity index (χ1n) is 4.16. The Bertz CT molecular complexity index is 304. The molecule has 2 nitrogen and oxygen atoms in total. The van der Waals surface area contributed by atoms with Crippen LogP contribution in [0.25, 0.3) is 0 Å². The average molecular weight is 244 g/mol. The summed E-state index contributed by atoms with van der Waals surface area (Å²) in [6, 6.07) is 3.81. The highest BCUT2D eigenvalue weighted by Crippen LogP contribution is 2.29. The van der Waals surface area contributed by atoms with Gasteiger partial charge in [-0.1, -0.05) is 20.8 Å². The van der Waals surface area contributed by atoms with Crippen molar-refractivity contribution in [3.8, 4) is 5.88 Å². The molecule has 1 aromatic heterocycles. The molecule has 0 bridgehead atoms. The number of hydrogen-bond acceptors (Lipinski definition) is 2. The molecule has 0 spiro atoms. The quantitative estimate of drug-likeness (QED) is 0.757. The second kappa shape index (κ2) is 3.66. The van der Waals surface area contributed by atoms with Crippen LogP contribution in [0.3, 0.4) is 0 Å². The number of hydrogen-bond donors (Lipinski definition) is 0. The van der Waals surface area contributed by atoms with E-state index in [1.54, 1.807) is 7.11 Å². The smallest absolute Gasteiger partial charge is 0.213 e. The predicted molar refractivity (Wildman–Crippen MR) is 57.2 cm³/mol. The number of halogens is 1. The van der Waals surface area contributed by atoms with Gasteiger partial charge in [0, 0.05) is 16.0 Å². The Hall–Kier alpha value is -0.570. The first-order valence-corrected chi connectivity index (χ1v) is 4.95. The number of nitrogens with zero attached hydrogens (tertiary/aromatic N) is 1. The summed E-state index contributed by atoms with van der Waals surface area (Å²) in [7, 11) is 1.63. The molecular weight excluding hydrogens is 230 g/mol. The van der Waals surface area contributed by atoms with Crippen molar-refractivity contribution in [1.82, 2.24) is 4.98 Å². The van der Waals surface area contributed by atoms with Gasteiger partial charge in [-0.2, -0.15) is 0 Å². The maximum absolute atomic E-state index is 5.07. The van der Waals surface area contributed by atoms with Crippen molar-refractivity contribution in [1.29, 1.82) is 0 Å². The molecule has 13 heavy (non-hydrogen) atoms. The van der Waals surface area contributed by atoms with Gasteiger partial charge in [0.15, 0.2) is 0 Å². The van der Waals surface area contributed by atoms with E-state index < -0.39 is 0 Å². The number of rotatable bonds is 1. The Morgan fingerprint density at radius 1 is 1.31 bits per heavy atom. The summed E-state index contributed by atoms with van der Waals surface area (Å²) in [4.78, 5) is 4.39. The number of ether oxygens (including phenoxy) is 1. The molecule has 0 aliphatic heterocycles. The Morgan fingerprint density at radius 3 is 2.38 bits per heavy atom. The van der Waals surface area contributed by atoms with Gasteiger partial charge in [0.05, 0.1) is 12.8 Å². The molecule has 0 radical (unpaired) electrons. The van der Waals surface area contributed by atoms with Crippen molar-refractivity contribution in [2.24, 2.45) is 0 Å². The first-order chi connectivity index (χ1) is 5.95. The van der Waals surface area contributed by atoms with E-state index in [1.807, 2.05) is 12.1 Å². The van der Waals surface area contributed by atoms with Gasteiger partial charge in [0.2, 0.25) is 5.88 Å². The van der Waals surface area contributed by atoms with Crippen LogP contribution in [0.2, 0.25) is 0 Å². The lowest BCUT2D eigenvalue weighted by Gasteiger charge is -2.19. The normalized spacial score (nSPS) is 11.5. The van der Waals surface area contributed by atoms with Gasteiger partial charge in [0.25, 0.3) is 0 Å². The van der Waals surface area contributed by atoms with Crippen LogP contribution in [-0.2, 0) is 5.41 Å². The minimum absolute atomic E-state index is 0.0351. The van der Waals surface area contributed by atoms with E-state index in [0.29, 0.717) is 5.88 Å². The second-order valence-corrected chi connectivity index (χ2v) is 4.79. The largest absolute Gasteiger partial charge is 0.481 e. The third-order valence-electron chi connectivity index (χ3n) is 1.74. The zero-order valence-electron chi connectivity index (χ0n) is 8.39. The molecule has 0 aromatic carbocycles. The standard InChI is InChI=1S/C10H14BrNO/c1-10(2,3)9-7(11)5-6-8(12-9)13-4/h5-6H,1-4H3.